The lowest BCUT2D eigenvalue weighted by atomic mass is 10.2. The van der Waals surface area contributed by atoms with Crippen LogP contribution in [0.2, 0.25) is 0 Å². The third-order valence-electron chi connectivity index (χ3n) is 3.70. The summed E-state index contributed by atoms with van der Waals surface area (Å²) < 4.78 is 24.6. The second-order valence-corrected chi connectivity index (χ2v) is 9.05. The topological polar surface area (TPSA) is 57.2 Å². The van der Waals surface area contributed by atoms with Crippen molar-refractivity contribution in [3.63, 3.8) is 0 Å². The molecule has 1 heterocycles. The highest BCUT2D eigenvalue weighted by Crippen LogP contribution is 2.23. The van der Waals surface area contributed by atoms with Crippen molar-refractivity contribution >= 4 is 73.7 Å². The van der Waals surface area contributed by atoms with E-state index in [1.54, 1.807) is 0 Å². The zero-order valence-electron chi connectivity index (χ0n) is 14.3. The van der Waals surface area contributed by atoms with Crippen LogP contribution >= 0.6 is 67.8 Å². The highest BCUT2D eigenvalue weighted by Gasteiger charge is 2.15. The summed E-state index contributed by atoms with van der Waals surface area (Å²) in [6.45, 7) is 6.85. The van der Waals surface area contributed by atoms with Crippen molar-refractivity contribution in [2.45, 2.75) is 0 Å². The van der Waals surface area contributed by atoms with E-state index in [0.717, 1.165) is 43.6 Å². The Kier molecular flexibility index (Phi) is 11.5. The number of ether oxygens (including phenoxy) is 4. The summed E-state index contributed by atoms with van der Waals surface area (Å²) in [6, 6.07) is 3.87. The van der Waals surface area contributed by atoms with Gasteiger partial charge < -0.3 is 18.9 Å². The summed E-state index contributed by atoms with van der Waals surface area (Å²) in [5.74, 6) is -0.309. The number of benzene rings is 1. The molecule has 146 valence electrons. The summed E-state index contributed by atoms with van der Waals surface area (Å²) in [5, 5.41) is 0. The molecule has 0 N–H and O–H groups in total. The van der Waals surface area contributed by atoms with Crippen LogP contribution in [0.15, 0.2) is 12.1 Å². The summed E-state index contributed by atoms with van der Waals surface area (Å²) >= 11 is 6.59. The molecule has 1 aliphatic heterocycles. The van der Waals surface area contributed by atoms with Gasteiger partial charge in [0, 0.05) is 30.3 Å². The normalized spacial score (nSPS) is 15.2. The molecule has 0 aliphatic carbocycles. The first-order chi connectivity index (χ1) is 12.6. The van der Waals surface area contributed by atoms with E-state index in [0.29, 0.717) is 32.0 Å². The number of hydrogen-bond acceptors (Lipinski definition) is 6. The van der Waals surface area contributed by atoms with Gasteiger partial charge in [-0.1, -0.05) is 0 Å². The Morgan fingerprint density at radius 3 is 2.38 bits per heavy atom. The Labute approximate surface area is 195 Å². The van der Waals surface area contributed by atoms with Crippen molar-refractivity contribution < 1.29 is 23.7 Å². The fourth-order valence-electron chi connectivity index (χ4n) is 2.32. The summed E-state index contributed by atoms with van der Waals surface area (Å²) in [5.41, 5.74) is 0.605. The molecule has 9 heteroatoms. The van der Waals surface area contributed by atoms with Crippen molar-refractivity contribution in [3.8, 4) is 0 Å². The number of esters is 1. The lowest BCUT2D eigenvalue weighted by Gasteiger charge is -2.26. The van der Waals surface area contributed by atoms with Crippen LogP contribution < -0.4 is 0 Å². The lowest BCUT2D eigenvalue weighted by molar-refractivity contribution is -0.000356. The Hall–Kier alpha value is 0.720. The van der Waals surface area contributed by atoms with E-state index in [1.165, 1.54) is 0 Å². The molecule has 1 aromatic carbocycles. The molecule has 0 spiro atoms. The van der Waals surface area contributed by atoms with Crippen molar-refractivity contribution in [3.05, 3.63) is 28.4 Å². The summed E-state index contributed by atoms with van der Waals surface area (Å²) in [4.78, 5) is 14.5. The number of halogens is 3. The minimum atomic E-state index is -0.309. The second-order valence-electron chi connectivity index (χ2n) is 5.56. The van der Waals surface area contributed by atoms with E-state index in [1.807, 2.05) is 12.1 Å². The van der Waals surface area contributed by atoms with Gasteiger partial charge >= 0.3 is 5.97 Å². The van der Waals surface area contributed by atoms with Crippen LogP contribution in [-0.4, -0.2) is 76.8 Å². The van der Waals surface area contributed by atoms with E-state index in [9.17, 15) is 4.79 Å². The van der Waals surface area contributed by atoms with Crippen LogP contribution in [0, 0.1) is 10.7 Å². The molecule has 0 aromatic heterocycles. The maximum atomic E-state index is 12.2. The number of carbonyl (C=O) groups is 1. The predicted octanol–water partition coefficient (Wildman–Crippen LogP) is 3.02. The van der Waals surface area contributed by atoms with Gasteiger partial charge in [0.2, 0.25) is 0 Å². The molecule has 1 aromatic rings. The molecule has 26 heavy (non-hydrogen) atoms. The molecular formula is C17H22I3NO5. The largest absolute Gasteiger partial charge is 0.460 e. The Balaban J connectivity index is 1.50. The Morgan fingerprint density at radius 2 is 1.65 bits per heavy atom. The van der Waals surface area contributed by atoms with E-state index in [4.69, 9.17) is 18.9 Å². The predicted molar refractivity (Wildman–Crippen MR) is 124 cm³/mol. The van der Waals surface area contributed by atoms with Crippen molar-refractivity contribution in [2.24, 2.45) is 0 Å². The Morgan fingerprint density at radius 1 is 1.00 bits per heavy atom. The van der Waals surface area contributed by atoms with Crippen LogP contribution in [0.5, 0.6) is 0 Å². The zero-order chi connectivity index (χ0) is 18.8. The van der Waals surface area contributed by atoms with Gasteiger partial charge in [0.05, 0.1) is 45.2 Å². The van der Waals surface area contributed by atoms with Crippen molar-refractivity contribution in [1.82, 2.24) is 4.90 Å². The average molecular weight is 701 g/mol. The number of nitrogens with zero attached hydrogens (tertiary/aromatic N) is 1. The lowest BCUT2D eigenvalue weighted by Crippen LogP contribution is -2.38. The first kappa shape index (κ1) is 23.0. The van der Waals surface area contributed by atoms with Crippen molar-refractivity contribution in [1.29, 1.82) is 0 Å². The molecule has 0 saturated carbocycles. The van der Waals surface area contributed by atoms with Crippen LogP contribution in [0.3, 0.4) is 0 Å². The molecule has 6 nitrogen and oxygen atoms in total. The summed E-state index contributed by atoms with van der Waals surface area (Å²) in [7, 11) is 0. The van der Waals surface area contributed by atoms with E-state index < -0.39 is 0 Å². The maximum Gasteiger partial charge on any atom is 0.339 e. The SMILES string of the molecule is O=C(OCCOCCOCCN1CCOCC1)c1cc(I)cc(I)c1I. The smallest absolute Gasteiger partial charge is 0.339 e. The molecule has 1 saturated heterocycles. The summed E-state index contributed by atoms with van der Waals surface area (Å²) in [6.07, 6.45) is 0. The van der Waals surface area contributed by atoms with Gasteiger partial charge in [0.15, 0.2) is 0 Å². The molecule has 0 bridgehead atoms. The molecule has 0 atom stereocenters. The Bertz CT molecular complexity index is 582. The highest BCUT2D eigenvalue weighted by atomic mass is 127. The first-order valence-electron chi connectivity index (χ1n) is 8.35. The fourth-order valence-corrected chi connectivity index (χ4v) is 4.69. The van der Waals surface area contributed by atoms with Crippen molar-refractivity contribution in [2.75, 3.05) is 65.9 Å². The molecule has 1 fully saturated rings. The fraction of sp³-hybridized carbons (Fsp3) is 0.588. The minimum absolute atomic E-state index is 0.241. The second kappa shape index (κ2) is 13.0. The molecule has 2 rings (SSSR count). The number of rotatable bonds is 10. The van der Waals surface area contributed by atoms with E-state index in [-0.39, 0.29) is 12.6 Å². The van der Waals surface area contributed by atoms with E-state index in [2.05, 4.69) is 72.7 Å². The van der Waals surface area contributed by atoms with Gasteiger partial charge in [-0.15, -0.1) is 0 Å². The standard InChI is InChI=1S/C17H22I3NO5/c18-13-11-14(16(20)15(19)12-13)17(22)26-10-9-25-8-7-24-6-3-21-1-4-23-5-2-21/h11-12H,1-10H2. The third-order valence-corrected chi connectivity index (χ3v) is 7.37. The quantitative estimate of drug-likeness (QED) is 0.162. The average Bonchev–Trinajstić information content (AvgIpc) is 2.64. The van der Waals surface area contributed by atoms with Gasteiger partial charge in [0.1, 0.15) is 6.61 Å². The third kappa shape index (κ3) is 8.39. The van der Waals surface area contributed by atoms with Crippen LogP contribution in [-0.2, 0) is 18.9 Å². The number of hydrogen-bond donors (Lipinski definition) is 0. The zero-order valence-corrected chi connectivity index (χ0v) is 20.8. The molecule has 0 radical (unpaired) electrons. The highest BCUT2D eigenvalue weighted by molar-refractivity contribution is 14.1. The van der Waals surface area contributed by atoms with Gasteiger partial charge in [0.25, 0.3) is 0 Å². The first-order valence-corrected chi connectivity index (χ1v) is 11.6. The number of carbonyl (C=O) groups excluding carboxylic acids is 1. The maximum absolute atomic E-state index is 12.2. The molecule has 1 aliphatic rings. The monoisotopic (exact) mass is 701 g/mol. The van der Waals surface area contributed by atoms with Gasteiger partial charge in [-0.2, -0.15) is 0 Å². The van der Waals surface area contributed by atoms with Crippen LogP contribution in [0.25, 0.3) is 0 Å². The van der Waals surface area contributed by atoms with Crippen LogP contribution in [0.1, 0.15) is 10.4 Å². The van der Waals surface area contributed by atoms with Gasteiger partial charge in [-0.25, -0.2) is 4.79 Å². The van der Waals surface area contributed by atoms with E-state index >= 15 is 0 Å². The van der Waals surface area contributed by atoms with Crippen LogP contribution in [0.4, 0.5) is 0 Å². The minimum Gasteiger partial charge on any atom is -0.460 e. The van der Waals surface area contributed by atoms with Gasteiger partial charge in [-0.05, 0) is 79.9 Å². The molecule has 0 amide bonds. The molecular weight excluding hydrogens is 679 g/mol. The number of morpholine rings is 1. The molecule has 0 unspecified atom stereocenters. The van der Waals surface area contributed by atoms with Gasteiger partial charge in [-0.3, -0.25) is 4.90 Å².